The third kappa shape index (κ3) is 8.81. The van der Waals surface area contributed by atoms with E-state index in [2.05, 4.69) is 50.9 Å². The van der Waals surface area contributed by atoms with Crippen LogP contribution in [0.2, 0.25) is 0 Å². The average Bonchev–Trinajstić information content (AvgIpc) is 3.50. The van der Waals surface area contributed by atoms with E-state index in [1.54, 1.807) is 0 Å². The van der Waals surface area contributed by atoms with Gasteiger partial charge in [0.25, 0.3) is 0 Å². The predicted octanol–water partition coefficient (Wildman–Crippen LogP) is 3.91. The highest BCUT2D eigenvalue weighted by Crippen LogP contribution is 2.27. The van der Waals surface area contributed by atoms with E-state index < -0.39 is 0 Å². The number of benzene rings is 1. The lowest BCUT2D eigenvalue weighted by atomic mass is 9.90. The molecule has 1 aliphatic carbocycles. The Morgan fingerprint density at radius 1 is 1.00 bits per heavy atom. The van der Waals surface area contributed by atoms with Crippen LogP contribution in [-0.4, -0.2) is 50.6 Å². The number of nitrogens with one attached hydrogen (secondary N) is 2. The molecule has 4 nitrogen and oxygen atoms in total. The van der Waals surface area contributed by atoms with Gasteiger partial charge in [0.2, 0.25) is 0 Å². The summed E-state index contributed by atoms with van der Waals surface area (Å²) in [5, 5.41) is 6.87. The Kier molecular flexibility index (Phi) is 10.5. The molecule has 1 aromatic carbocycles. The maximum atomic E-state index is 4.30. The number of halogens is 1. The molecule has 1 aliphatic heterocycles. The van der Waals surface area contributed by atoms with Gasteiger partial charge in [-0.3, -0.25) is 4.99 Å². The van der Waals surface area contributed by atoms with E-state index in [0.29, 0.717) is 0 Å². The molecule has 1 saturated carbocycles. The summed E-state index contributed by atoms with van der Waals surface area (Å²) in [4.78, 5) is 6.96. The number of guanidine groups is 1. The van der Waals surface area contributed by atoms with Crippen LogP contribution in [-0.2, 0) is 6.42 Å². The van der Waals surface area contributed by atoms with Crippen molar-refractivity contribution < 1.29 is 0 Å². The van der Waals surface area contributed by atoms with Crippen LogP contribution in [0.5, 0.6) is 0 Å². The van der Waals surface area contributed by atoms with Crippen molar-refractivity contribution in [3.05, 3.63) is 35.9 Å². The maximum absolute atomic E-state index is 4.30. The van der Waals surface area contributed by atoms with Crippen LogP contribution in [0.15, 0.2) is 35.3 Å². The summed E-state index contributed by atoms with van der Waals surface area (Å²) in [6, 6.07) is 11.0. The van der Waals surface area contributed by atoms with E-state index in [4.69, 9.17) is 0 Å². The molecule has 2 N–H and O–H groups in total. The Hall–Kier alpha value is -0.820. The number of piperidine rings is 1. The number of aliphatic imine (C=N–C) groups is 1. The molecule has 0 amide bonds. The summed E-state index contributed by atoms with van der Waals surface area (Å²) < 4.78 is 0. The molecule has 0 spiro atoms. The number of likely N-dealkylation sites (tertiary alicyclic amines) is 1. The molecular formula is C22H37IN4. The van der Waals surface area contributed by atoms with Crippen LogP contribution in [0.25, 0.3) is 0 Å². The van der Waals surface area contributed by atoms with Crippen LogP contribution in [0.3, 0.4) is 0 Å². The molecule has 0 atom stereocenters. The highest BCUT2D eigenvalue weighted by atomic mass is 127. The number of hydrogen-bond acceptors (Lipinski definition) is 2. The summed E-state index contributed by atoms with van der Waals surface area (Å²) >= 11 is 0. The zero-order valence-corrected chi connectivity index (χ0v) is 19.2. The molecule has 0 aromatic heterocycles. The molecule has 152 valence electrons. The summed E-state index contributed by atoms with van der Waals surface area (Å²) in [7, 11) is 1.86. The molecule has 1 aromatic rings. The molecule has 2 aliphatic rings. The van der Waals surface area contributed by atoms with Gasteiger partial charge in [0, 0.05) is 20.1 Å². The van der Waals surface area contributed by atoms with Crippen molar-refractivity contribution in [3.8, 4) is 0 Å². The van der Waals surface area contributed by atoms with Crippen molar-refractivity contribution in [1.29, 1.82) is 0 Å². The SMILES string of the molecule is CN=C(NCCCCN1CCC(Cc2ccccc2)CC1)NCC1CC1.I. The van der Waals surface area contributed by atoms with Gasteiger partial charge in [0.05, 0.1) is 0 Å². The molecular weight excluding hydrogens is 447 g/mol. The Bertz CT molecular complexity index is 537. The first-order chi connectivity index (χ1) is 12.8. The Labute approximate surface area is 182 Å². The normalized spacial score (nSPS) is 18.8. The maximum Gasteiger partial charge on any atom is 0.190 e. The van der Waals surface area contributed by atoms with E-state index in [-0.39, 0.29) is 24.0 Å². The largest absolute Gasteiger partial charge is 0.356 e. The highest BCUT2D eigenvalue weighted by molar-refractivity contribution is 14.0. The summed E-state index contributed by atoms with van der Waals surface area (Å²) in [6.07, 6.45) is 9.21. The molecule has 5 heteroatoms. The van der Waals surface area contributed by atoms with E-state index >= 15 is 0 Å². The Morgan fingerprint density at radius 3 is 2.41 bits per heavy atom. The fourth-order valence-electron chi connectivity index (χ4n) is 3.81. The van der Waals surface area contributed by atoms with Crippen LogP contribution in [0, 0.1) is 11.8 Å². The highest BCUT2D eigenvalue weighted by Gasteiger charge is 2.21. The molecule has 0 bridgehead atoms. The fourth-order valence-corrected chi connectivity index (χ4v) is 3.81. The van der Waals surface area contributed by atoms with Crippen molar-refractivity contribution in [2.75, 3.05) is 39.8 Å². The standard InChI is InChI=1S/C22H36N4.HI/c1-23-22(25-18-21-9-10-21)24-13-5-6-14-26-15-11-20(12-16-26)17-19-7-3-2-4-8-19;/h2-4,7-8,20-21H,5-6,9-18H2,1H3,(H2,23,24,25);1H. The van der Waals surface area contributed by atoms with Crippen molar-refractivity contribution in [2.24, 2.45) is 16.8 Å². The van der Waals surface area contributed by atoms with Crippen LogP contribution in [0.4, 0.5) is 0 Å². The summed E-state index contributed by atoms with van der Waals surface area (Å²) in [5.41, 5.74) is 1.50. The van der Waals surface area contributed by atoms with Crippen LogP contribution >= 0.6 is 24.0 Å². The van der Waals surface area contributed by atoms with Gasteiger partial charge >= 0.3 is 0 Å². The van der Waals surface area contributed by atoms with Gasteiger partial charge in [0.15, 0.2) is 5.96 Å². The Balaban J connectivity index is 0.00000261. The van der Waals surface area contributed by atoms with Gasteiger partial charge in [-0.1, -0.05) is 30.3 Å². The number of unbranched alkanes of at least 4 members (excludes halogenated alkanes) is 1. The second kappa shape index (κ2) is 12.6. The second-order valence-corrected chi connectivity index (χ2v) is 8.01. The third-order valence-corrected chi connectivity index (χ3v) is 5.75. The Morgan fingerprint density at radius 2 is 1.74 bits per heavy atom. The van der Waals surface area contributed by atoms with E-state index in [9.17, 15) is 0 Å². The number of nitrogens with zero attached hydrogens (tertiary/aromatic N) is 2. The minimum atomic E-state index is 0. The van der Waals surface area contributed by atoms with E-state index in [1.807, 2.05) is 7.05 Å². The lowest BCUT2D eigenvalue weighted by Gasteiger charge is -2.32. The second-order valence-electron chi connectivity index (χ2n) is 8.01. The van der Waals surface area contributed by atoms with Crippen LogP contribution in [0.1, 0.15) is 44.1 Å². The van der Waals surface area contributed by atoms with Gasteiger partial charge < -0.3 is 15.5 Å². The van der Waals surface area contributed by atoms with Crippen molar-refractivity contribution >= 4 is 29.9 Å². The lowest BCUT2D eigenvalue weighted by Crippen LogP contribution is -2.39. The van der Waals surface area contributed by atoms with Crippen molar-refractivity contribution in [3.63, 3.8) is 0 Å². The van der Waals surface area contributed by atoms with Gasteiger partial charge in [-0.2, -0.15) is 0 Å². The molecule has 1 saturated heterocycles. The van der Waals surface area contributed by atoms with E-state index in [0.717, 1.165) is 30.9 Å². The first kappa shape index (κ1) is 22.5. The van der Waals surface area contributed by atoms with Gasteiger partial charge in [-0.25, -0.2) is 0 Å². The first-order valence-electron chi connectivity index (χ1n) is 10.5. The number of hydrogen-bond donors (Lipinski definition) is 2. The fraction of sp³-hybridized carbons (Fsp3) is 0.682. The number of rotatable bonds is 9. The molecule has 0 radical (unpaired) electrons. The topological polar surface area (TPSA) is 39.7 Å². The molecule has 2 fully saturated rings. The monoisotopic (exact) mass is 484 g/mol. The molecule has 27 heavy (non-hydrogen) atoms. The van der Waals surface area contributed by atoms with Gasteiger partial charge in [-0.05, 0) is 82.0 Å². The van der Waals surface area contributed by atoms with Crippen molar-refractivity contribution in [2.45, 2.75) is 44.9 Å². The smallest absolute Gasteiger partial charge is 0.190 e. The molecule has 3 rings (SSSR count). The van der Waals surface area contributed by atoms with Gasteiger partial charge in [-0.15, -0.1) is 24.0 Å². The molecule has 1 heterocycles. The minimum Gasteiger partial charge on any atom is -0.356 e. The van der Waals surface area contributed by atoms with Crippen molar-refractivity contribution in [1.82, 2.24) is 15.5 Å². The summed E-state index contributed by atoms with van der Waals surface area (Å²) in [5.74, 6) is 2.73. The zero-order valence-electron chi connectivity index (χ0n) is 16.8. The zero-order chi connectivity index (χ0) is 18.0. The predicted molar refractivity (Wildman–Crippen MR) is 126 cm³/mol. The lowest BCUT2D eigenvalue weighted by molar-refractivity contribution is 0.181. The van der Waals surface area contributed by atoms with E-state index in [1.165, 1.54) is 70.1 Å². The third-order valence-electron chi connectivity index (χ3n) is 5.75. The quantitative estimate of drug-likeness (QED) is 0.242. The minimum absolute atomic E-state index is 0. The average molecular weight is 484 g/mol. The summed E-state index contributed by atoms with van der Waals surface area (Å²) in [6.45, 7) is 5.89. The molecule has 0 unspecified atom stereocenters. The van der Waals surface area contributed by atoms with Crippen LogP contribution < -0.4 is 10.6 Å². The van der Waals surface area contributed by atoms with Gasteiger partial charge in [0.1, 0.15) is 0 Å². The first-order valence-corrected chi connectivity index (χ1v) is 10.5.